The van der Waals surface area contributed by atoms with Crippen molar-refractivity contribution in [2.75, 3.05) is 31.4 Å². The van der Waals surface area contributed by atoms with Gasteiger partial charge in [-0.15, -0.1) is 0 Å². The molecule has 0 bridgehead atoms. The summed E-state index contributed by atoms with van der Waals surface area (Å²) < 4.78 is 38.4. The highest BCUT2D eigenvalue weighted by molar-refractivity contribution is 7.89. The monoisotopic (exact) mass is 475 g/mol. The Morgan fingerprint density at radius 1 is 1.03 bits per heavy atom. The number of benzene rings is 2. The van der Waals surface area contributed by atoms with E-state index in [0.717, 1.165) is 12.8 Å². The summed E-state index contributed by atoms with van der Waals surface area (Å²) >= 11 is 0. The van der Waals surface area contributed by atoms with Crippen LogP contribution in [0.4, 0.5) is 11.4 Å². The molecule has 2 N–H and O–H groups in total. The fourth-order valence-electron chi connectivity index (χ4n) is 3.88. The highest BCUT2D eigenvalue weighted by atomic mass is 32.2. The largest absolute Gasteiger partial charge is 0.497 e. The first-order valence-electron chi connectivity index (χ1n) is 10.7. The maximum absolute atomic E-state index is 13.3. The van der Waals surface area contributed by atoms with E-state index in [1.54, 1.807) is 30.3 Å². The van der Waals surface area contributed by atoms with E-state index in [0.29, 0.717) is 35.8 Å². The Bertz CT molecular complexity index is 1100. The number of carbonyl (C=O) groups is 2. The molecule has 1 atom stereocenters. The SMILES string of the molecule is COc1ccc(S(=O)(=O)N2CCCC[C@H]2CC(=O)Nc2cc(NC(C)=O)ccc2OC)cc1. The van der Waals surface area contributed by atoms with Crippen LogP contribution in [0.2, 0.25) is 0 Å². The zero-order chi connectivity index (χ0) is 24.0. The lowest BCUT2D eigenvalue weighted by atomic mass is 10.0. The number of methoxy groups -OCH3 is 2. The number of hydrogen-bond acceptors (Lipinski definition) is 6. The molecule has 1 heterocycles. The minimum absolute atomic E-state index is 0.00288. The Kier molecular flexibility index (Phi) is 7.93. The van der Waals surface area contributed by atoms with Crippen molar-refractivity contribution in [1.82, 2.24) is 4.31 Å². The van der Waals surface area contributed by atoms with E-state index >= 15 is 0 Å². The molecular formula is C23H29N3O6S. The molecule has 0 spiro atoms. The van der Waals surface area contributed by atoms with Gasteiger partial charge in [-0.3, -0.25) is 9.59 Å². The molecule has 0 aliphatic carbocycles. The molecule has 33 heavy (non-hydrogen) atoms. The zero-order valence-corrected chi connectivity index (χ0v) is 19.8. The lowest BCUT2D eigenvalue weighted by Gasteiger charge is -2.34. The van der Waals surface area contributed by atoms with Crippen LogP contribution in [-0.4, -0.2) is 51.3 Å². The van der Waals surface area contributed by atoms with E-state index in [9.17, 15) is 18.0 Å². The molecule has 1 aliphatic rings. The smallest absolute Gasteiger partial charge is 0.243 e. The van der Waals surface area contributed by atoms with Crippen LogP contribution in [0.25, 0.3) is 0 Å². The Hall–Kier alpha value is -3.11. The quantitative estimate of drug-likeness (QED) is 0.606. The van der Waals surface area contributed by atoms with Crippen LogP contribution >= 0.6 is 0 Å². The number of rotatable bonds is 8. The third-order valence-corrected chi connectivity index (χ3v) is 7.42. The fourth-order valence-corrected chi connectivity index (χ4v) is 5.57. The summed E-state index contributed by atoms with van der Waals surface area (Å²) in [5.74, 6) is 0.428. The molecule has 10 heteroatoms. The average Bonchev–Trinajstić information content (AvgIpc) is 2.79. The number of piperidine rings is 1. The molecule has 178 valence electrons. The Morgan fingerprint density at radius 3 is 2.39 bits per heavy atom. The van der Waals surface area contributed by atoms with Crippen molar-refractivity contribution in [3.8, 4) is 11.5 Å². The van der Waals surface area contributed by atoms with E-state index in [-0.39, 0.29) is 23.1 Å². The number of hydrogen-bond donors (Lipinski definition) is 2. The van der Waals surface area contributed by atoms with Gasteiger partial charge in [0.15, 0.2) is 0 Å². The Morgan fingerprint density at radius 2 is 1.76 bits per heavy atom. The molecule has 9 nitrogen and oxygen atoms in total. The summed E-state index contributed by atoms with van der Waals surface area (Å²) in [7, 11) is -0.765. The first kappa shape index (κ1) is 24.5. The molecule has 2 amide bonds. The summed E-state index contributed by atoms with van der Waals surface area (Å²) in [4.78, 5) is 24.4. The number of nitrogens with one attached hydrogen (secondary N) is 2. The summed E-state index contributed by atoms with van der Waals surface area (Å²) in [6.07, 6.45) is 2.17. The number of anilines is 2. The second-order valence-corrected chi connectivity index (χ2v) is 9.68. The third-order valence-electron chi connectivity index (χ3n) is 5.45. The van der Waals surface area contributed by atoms with Crippen LogP contribution in [0.3, 0.4) is 0 Å². The minimum Gasteiger partial charge on any atom is -0.497 e. The predicted molar refractivity (Wildman–Crippen MR) is 125 cm³/mol. The van der Waals surface area contributed by atoms with Crippen molar-refractivity contribution >= 4 is 33.2 Å². The van der Waals surface area contributed by atoms with Crippen LogP contribution in [0.15, 0.2) is 47.4 Å². The molecule has 2 aromatic rings. The molecule has 1 saturated heterocycles. The van der Waals surface area contributed by atoms with Gasteiger partial charge in [0.1, 0.15) is 11.5 Å². The molecule has 0 aromatic heterocycles. The Labute approximate surface area is 194 Å². The van der Waals surface area contributed by atoms with Crippen molar-refractivity contribution in [2.45, 2.75) is 43.5 Å². The molecule has 1 fully saturated rings. The van der Waals surface area contributed by atoms with Crippen molar-refractivity contribution < 1.29 is 27.5 Å². The van der Waals surface area contributed by atoms with E-state index in [1.165, 1.54) is 37.6 Å². The standard InChI is InChI=1S/C23H29N3O6S/c1-16(27)24-17-7-12-22(32-3)21(14-17)25-23(28)15-18-6-4-5-13-26(18)33(29,30)20-10-8-19(31-2)9-11-20/h7-12,14,18H,4-6,13,15H2,1-3H3,(H,24,27)(H,25,28)/t18-/m0/s1. The highest BCUT2D eigenvalue weighted by Gasteiger charge is 2.34. The highest BCUT2D eigenvalue weighted by Crippen LogP contribution is 2.31. The molecule has 0 radical (unpaired) electrons. The normalized spacial score (nSPS) is 16.6. The Balaban J connectivity index is 1.77. The average molecular weight is 476 g/mol. The van der Waals surface area contributed by atoms with Gasteiger partial charge in [-0.1, -0.05) is 6.42 Å². The van der Waals surface area contributed by atoms with Gasteiger partial charge in [0.05, 0.1) is 24.8 Å². The summed E-state index contributed by atoms with van der Waals surface area (Å²) in [6.45, 7) is 1.75. The van der Waals surface area contributed by atoms with Gasteiger partial charge in [0.2, 0.25) is 21.8 Å². The van der Waals surface area contributed by atoms with Crippen LogP contribution in [-0.2, 0) is 19.6 Å². The predicted octanol–water partition coefficient (Wildman–Crippen LogP) is 3.23. The van der Waals surface area contributed by atoms with Gasteiger partial charge in [0.25, 0.3) is 0 Å². The van der Waals surface area contributed by atoms with E-state index < -0.39 is 16.1 Å². The van der Waals surface area contributed by atoms with Crippen LogP contribution < -0.4 is 20.1 Å². The van der Waals surface area contributed by atoms with Crippen molar-refractivity contribution in [1.29, 1.82) is 0 Å². The van der Waals surface area contributed by atoms with Crippen molar-refractivity contribution in [2.24, 2.45) is 0 Å². The van der Waals surface area contributed by atoms with E-state index in [4.69, 9.17) is 9.47 Å². The van der Waals surface area contributed by atoms with E-state index in [2.05, 4.69) is 10.6 Å². The van der Waals surface area contributed by atoms with Gasteiger partial charge >= 0.3 is 0 Å². The topological polar surface area (TPSA) is 114 Å². The van der Waals surface area contributed by atoms with Gasteiger partial charge in [-0.2, -0.15) is 4.31 Å². The number of sulfonamides is 1. The fraction of sp³-hybridized carbons (Fsp3) is 0.391. The van der Waals surface area contributed by atoms with Gasteiger partial charge in [-0.25, -0.2) is 8.42 Å². The summed E-state index contributed by atoms with van der Waals surface area (Å²) in [5.41, 5.74) is 0.911. The second kappa shape index (κ2) is 10.7. The van der Waals surface area contributed by atoms with Gasteiger partial charge < -0.3 is 20.1 Å². The number of nitrogens with zero attached hydrogens (tertiary/aromatic N) is 1. The van der Waals surface area contributed by atoms with Gasteiger partial charge in [0, 0.05) is 31.6 Å². The first-order chi connectivity index (χ1) is 15.7. The molecular weight excluding hydrogens is 446 g/mol. The van der Waals surface area contributed by atoms with Crippen molar-refractivity contribution in [3.05, 3.63) is 42.5 Å². The van der Waals surface area contributed by atoms with Gasteiger partial charge in [-0.05, 0) is 55.3 Å². The zero-order valence-electron chi connectivity index (χ0n) is 19.0. The van der Waals surface area contributed by atoms with Crippen LogP contribution in [0, 0.1) is 0 Å². The third kappa shape index (κ3) is 6.02. The number of carbonyl (C=O) groups excluding carboxylic acids is 2. The van der Waals surface area contributed by atoms with Crippen LogP contribution in [0.1, 0.15) is 32.6 Å². The van der Waals surface area contributed by atoms with Crippen LogP contribution in [0.5, 0.6) is 11.5 Å². The summed E-state index contributed by atoms with van der Waals surface area (Å²) in [5, 5.41) is 5.46. The maximum atomic E-state index is 13.3. The maximum Gasteiger partial charge on any atom is 0.243 e. The molecule has 1 aliphatic heterocycles. The number of ether oxygens (including phenoxy) is 2. The lowest BCUT2D eigenvalue weighted by molar-refractivity contribution is -0.117. The van der Waals surface area contributed by atoms with Crippen molar-refractivity contribution in [3.63, 3.8) is 0 Å². The second-order valence-electron chi connectivity index (χ2n) is 7.79. The summed E-state index contributed by atoms with van der Waals surface area (Å²) in [6, 6.07) is 10.7. The first-order valence-corrected chi connectivity index (χ1v) is 12.1. The van der Waals surface area contributed by atoms with E-state index in [1.807, 2.05) is 0 Å². The lowest BCUT2D eigenvalue weighted by Crippen LogP contribution is -2.45. The number of amides is 2. The minimum atomic E-state index is -3.76. The molecule has 0 saturated carbocycles. The molecule has 2 aromatic carbocycles. The molecule has 3 rings (SSSR count). The molecule has 0 unspecified atom stereocenters.